The number of hydrogen-bond donors (Lipinski definition) is 3. The summed E-state index contributed by atoms with van der Waals surface area (Å²) in [5, 5.41) is 19.9. The summed E-state index contributed by atoms with van der Waals surface area (Å²) in [6.07, 6.45) is 7.16. The number of aromatic nitrogens is 3. The standard InChI is InChI=1S/C34H34F3N5O3/c35-34(36,37)26-14-18-30(39-21-26)42-22-28(29(41-42)17-11-23-7-3-1-4-8-23)32(24-9-5-2-6-10-24)40-27-15-12-25(13-16-27)33(45)38-20-19-31(43)44/h1,3-4,7-8,11-18,21-22,24,32,40H,2,5-6,9-10,19-20H2,(H,38,45)(H,43,44). The number of anilines is 1. The first-order valence-corrected chi connectivity index (χ1v) is 14.9. The zero-order valence-electron chi connectivity index (χ0n) is 24.5. The van der Waals surface area contributed by atoms with Crippen LogP contribution in [0, 0.1) is 5.92 Å². The number of halogens is 3. The third-order valence-electron chi connectivity index (χ3n) is 7.87. The van der Waals surface area contributed by atoms with E-state index in [1.807, 2.05) is 60.8 Å². The van der Waals surface area contributed by atoms with Crippen LogP contribution in [-0.2, 0) is 11.0 Å². The number of rotatable bonds is 11. The van der Waals surface area contributed by atoms with Crippen LogP contribution in [0.15, 0.2) is 79.1 Å². The zero-order chi connectivity index (χ0) is 31.8. The number of alkyl halides is 3. The minimum atomic E-state index is -4.49. The molecule has 1 saturated carbocycles. The molecular weight excluding hydrogens is 583 g/mol. The molecule has 2 aromatic carbocycles. The first kappa shape index (κ1) is 31.5. The van der Waals surface area contributed by atoms with Gasteiger partial charge in [-0.2, -0.15) is 18.3 Å². The average molecular weight is 618 g/mol. The molecule has 11 heteroatoms. The maximum atomic E-state index is 13.2. The Morgan fingerprint density at radius 3 is 2.36 bits per heavy atom. The van der Waals surface area contributed by atoms with Crippen molar-refractivity contribution in [2.45, 2.75) is 50.7 Å². The van der Waals surface area contributed by atoms with Gasteiger partial charge in [-0.3, -0.25) is 9.59 Å². The average Bonchev–Trinajstić information content (AvgIpc) is 3.47. The molecule has 5 rings (SSSR count). The van der Waals surface area contributed by atoms with Crippen LogP contribution in [0.5, 0.6) is 0 Å². The fraction of sp³-hybridized carbons (Fsp3) is 0.294. The number of benzene rings is 2. The summed E-state index contributed by atoms with van der Waals surface area (Å²) in [4.78, 5) is 27.3. The van der Waals surface area contributed by atoms with Crippen molar-refractivity contribution in [1.82, 2.24) is 20.1 Å². The molecular formula is C34H34F3N5O3. The van der Waals surface area contributed by atoms with Gasteiger partial charge in [-0.15, -0.1) is 0 Å². The number of carboxylic acid groups (broad SMARTS) is 1. The molecule has 234 valence electrons. The van der Waals surface area contributed by atoms with Crippen LogP contribution in [-0.4, -0.2) is 38.3 Å². The summed E-state index contributed by atoms with van der Waals surface area (Å²) >= 11 is 0. The van der Waals surface area contributed by atoms with E-state index in [9.17, 15) is 22.8 Å². The topological polar surface area (TPSA) is 109 Å². The molecule has 1 fully saturated rings. The van der Waals surface area contributed by atoms with Gasteiger partial charge in [0.1, 0.15) is 0 Å². The highest BCUT2D eigenvalue weighted by Gasteiger charge is 2.31. The number of nitrogens with zero attached hydrogens (tertiary/aromatic N) is 3. The lowest BCUT2D eigenvalue weighted by Gasteiger charge is -2.31. The van der Waals surface area contributed by atoms with Crippen molar-refractivity contribution in [2.75, 3.05) is 11.9 Å². The smallest absolute Gasteiger partial charge is 0.417 e. The van der Waals surface area contributed by atoms with E-state index in [4.69, 9.17) is 10.2 Å². The second-order valence-corrected chi connectivity index (χ2v) is 11.1. The largest absolute Gasteiger partial charge is 0.481 e. The van der Waals surface area contributed by atoms with Crippen molar-refractivity contribution < 1.29 is 27.9 Å². The van der Waals surface area contributed by atoms with Crippen LogP contribution in [0.4, 0.5) is 18.9 Å². The third-order valence-corrected chi connectivity index (χ3v) is 7.87. The second kappa shape index (κ2) is 14.2. The van der Waals surface area contributed by atoms with Gasteiger partial charge in [-0.1, -0.05) is 55.7 Å². The van der Waals surface area contributed by atoms with Gasteiger partial charge in [0.2, 0.25) is 0 Å². The summed E-state index contributed by atoms with van der Waals surface area (Å²) in [5.74, 6) is -0.812. The summed E-state index contributed by atoms with van der Waals surface area (Å²) in [5.41, 5.74) is 2.89. The Morgan fingerprint density at radius 1 is 0.978 bits per heavy atom. The Balaban J connectivity index is 1.48. The van der Waals surface area contributed by atoms with Crippen molar-refractivity contribution in [3.63, 3.8) is 0 Å². The molecule has 2 heterocycles. The normalized spacial score (nSPS) is 14.7. The summed E-state index contributed by atoms with van der Waals surface area (Å²) < 4.78 is 41.1. The van der Waals surface area contributed by atoms with E-state index in [1.165, 1.54) is 10.7 Å². The monoisotopic (exact) mass is 617 g/mol. The lowest BCUT2D eigenvalue weighted by Crippen LogP contribution is -2.26. The molecule has 0 aliphatic heterocycles. The van der Waals surface area contributed by atoms with Crippen molar-refractivity contribution in [1.29, 1.82) is 0 Å². The van der Waals surface area contributed by atoms with Gasteiger partial charge in [0, 0.05) is 35.8 Å². The lowest BCUT2D eigenvalue weighted by atomic mass is 9.81. The van der Waals surface area contributed by atoms with Gasteiger partial charge in [0.05, 0.1) is 23.7 Å². The molecule has 3 N–H and O–H groups in total. The van der Waals surface area contributed by atoms with Gasteiger partial charge in [-0.05, 0) is 66.8 Å². The molecule has 0 bridgehead atoms. The maximum Gasteiger partial charge on any atom is 0.417 e. The molecule has 8 nitrogen and oxygen atoms in total. The lowest BCUT2D eigenvalue weighted by molar-refractivity contribution is -0.138. The highest BCUT2D eigenvalue weighted by atomic mass is 19.4. The van der Waals surface area contributed by atoms with Gasteiger partial charge in [0.15, 0.2) is 5.82 Å². The van der Waals surface area contributed by atoms with E-state index in [0.29, 0.717) is 11.3 Å². The molecule has 1 atom stereocenters. The fourth-order valence-corrected chi connectivity index (χ4v) is 5.52. The van der Waals surface area contributed by atoms with E-state index in [2.05, 4.69) is 15.6 Å². The second-order valence-electron chi connectivity index (χ2n) is 11.1. The number of nitrogens with one attached hydrogen (secondary N) is 2. The highest BCUT2D eigenvalue weighted by Crippen LogP contribution is 2.39. The van der Waals surface area contributed by atoms with Crippen molar-refractivity contribution >= 4 is 29.7 Å². The van der Waals surface area contributed by atoms with E-state index >= 15 is 0 Å². The first-order chi connectivity index (χ1) is 21.7. The van der Waals surface area contributed by atoms with E-state index < -0.39 is 17.7 Å². The van der Waals surface area contributed by atoms with Crippen LogP contribution in [0.25, 0.3) is 18.0 Å². The zero-order valence-corrected chi connectivity index (χ0v) is 24.5. The van der Waals surface area contributed by atoms with Crippen LogP contribution in [0.2, 0.25) is 0 Å². The summed E-state index contributed by atoms with van der Waals surface area (Å²) in [7, 11) is 0. The predicted octanol–water partition coefficient (Wildman–Crippen LogP) is 7.39. The molecule has 4 aromatic rings. The molecule has 45 heavy (non-hydrogen) atoms. The van der Waals surface area contributed by atoms with Gasteiger partial charge < -0.3 is 15.7 Å². The molecule has 2 aromatic heterocycles. The summed E-state index contributed by atoms with van der Waals surface area (Å²) in [6.45, 7) is 0.0367. The number of amides is 1. The van der Waals surface area contributed by atoms with E-state index in [-0.39, 0.29) is 36.7 Å². The van der Waals surface area contributed by atoms with Crippen LogP contribution < -0.4 is 10.6 Å². The predicted molar refractivity (Wildman–Crippen MR) is 166 cm³/mol. The molecule has 1 amide bonds. The Kier molecular flexibility index (Phi) is 9.96. The summed E-state index contributed by atoms with van der Waals surface area (Å²) in [6, 6.07) is 18.9. The Bertz CT molecular complexity index is 1610. The Hall–Kier alpha value is -4.93. The van der Waals surface area contributed by atoms with Gasteiger partial charge in [0.25, 0.3) is 5.91 Å². The minimum absolute atomic E-state index is 0.0367. The number of carbonyl (C=O) groups excluding carboxylic acids is 1. The number of carbonyl (C=O) groups is 2. The number of pyridine rings is 1. The number of aliphatic carboxylic acids is 1. The molecule has 1 aliphatic carbocycles. The molecule has 1 unspecified atom stereocenters. The van der Waals surface area contributed by atoms with Crippen molar-refractivity contribution in [2.24, 2.45) is 5.92 Å². The number of carboxylic acids is 1. The Labute approximate surface area is 259 Å². The van der Waals surface area contributed by atoms with Crippen LogP contribution >= 0.6 is 0 Å². The number of hydrogen-bond acceptors (Lipinski definition) is 5. The molecule has 0 saturated heterocycles. The molecule has 0 radical (unpaired) electrons. The maximum absolute atomic E-state index is 13.2. The van der Waals surface area contributed by atoms with E-state index in [0.717, 1.165) is 61.2 Å². The highest BCUT2D eigenvalue weighted by molar-refractivity contribution is 5.94. The van der Waals surface area contributed by atoms with Crippen molar-refractivity contribution in [3.8, 4) is 5.82 Å². The third kappa shape index (κ3) is 8.37. The molecule has 0 spiro atoms. The quantitative estimate of drug-likeness (QED) is 0.162. The Morgan fingerprint density at radius 2 is 1.71 bits per heavy atom. The first-order valence-electron chi connectivity index (χ1n) is 14.9. The van der Waals surface area contributed by atoms with Gasteiger partial charge >= 0.3 is 12.1 Å². The molecule has 1 aliphatic rings. The van der Waals surface area contributed by atoms with Crippen molar-refractivity contribution in [3.05, 3.63) is 107 Å². The van der Waals surface area contributed by atoms with Gasteiger partial charge in [-0.25, -0.2) is 9.67 Å². The van der Waals surface area contributed by atoms with Crippen LogP contribution in [0.3, 0.4) is 0 Å². The van der Waals surface area contributed by atoms with Crippen LogP contribution in [0.1, 0.15) is 77.3 Å². The SMILES string of the molecule is O=C(O)CCNC(=O)c1ccc(NC(c2cn(-c3ccc(C(F)(F)F)cn3)nc2C=Cc2ccccc2)C2CCCCC2)cc1. The fourth-order valence-electron chi connectivity index (χ4n) is 5.52. The minimum Gasteiger partial charge on any atom is -0.481 e. The van der Waals surface area contributed by atoms with E-state index in [1.54, 1.807) is 12.1 Å².